The van der Waals surface area contributed by atoms with E-state index in [1.807, 2.05) is 19.0 Å². The Labute approximate surface area is 120 Å². The van der Waals surface area contributed by atoms with Gasteiger partial charge in [-0.15, -0.1) is 0 Å². The Morgan fingerprint density at radius 1 is 1.47 bits per heavy atom. The summed E-state index contributed by atoms with van der Waals surface area (Å²) in [5.41, 5.74) is 0. The maximum atomic E-state index is 10.4. The first-order chi connectivity index (χ1) is 8.91. The Morgan fingerprint density at radius 3 is 2.74 bits per heavy atom. The molecule has 0 bridgehead atoms. The van der Waals surface area contributed by atoms with Gasteiger partial charge in [-0.25, -0.2) is 0 Å². The number of hydrogen-bond acceptors (Lipinski definition) is 4. The van der Waals surface area contributed by atoms with Crippen molar-refractivity contribution in [2.75, 3.05) is 34.3 Å². The predicted octanol–water partition coefficient (Wildman–Crippen LogP) is 1.22. The fraction of sp³-hybridized carbons (Fsp3) is 0.846. The smallest absolute Gasteiger partial charge is 0.303 e. The van der Waals surface area contributed by atoms with E-state index in [1.165, 1.54) is 0 Å². The SMILES string of the molecule is CN(C)C(=S)[C@@H]1C[C@@H](OCCCCC(=O)O)CN1C. The molecule has 0 aromatic carbocycles. The molecule has 1 aliphatic heterocycles. The second-order valence-electron chi connectivity index (χ2n) is 5.27. The van der Waals surface area contributed by atoms with E-state index < -0.39 is 5.97 Å². The first kappa shape index (κ1) is 16.3. The Hall–Kier alpha value is -0.720. The van der Waals surface area contributed by atoms with Crippen LogP contribution in [0.5, 0.6) is 0 Å². The zero-order valence-electron chi connectivity index (χ0n) is 12.0. The van der Waals surface area contributed by atoms with E-state index in [1.54, 1.807) is 0 Å². The number of nitrogens with zero attached hydrogens (tertiary/aromatic N) is 2. The van der Waals surface area contributed by atoms with Crippen molar-refractivity contribution in [1.82, 2.24) is 9.80 Å². The quantitative estimate of drug-likeness (QED) is 0.561. The molecule has 0 aromatic rings. The number of carboxylic acid groups (broad SMARTS) is 1. The molecule has 19 heavy (non-hydrogen) atoms. The number of aliphatic carboxylic acids is 1. The van der Waals surface area contributed by atoms with Crippen LogP contribution in [0.4, 0.5) is 0 Å². The number of carboxylic acids is 1. The number of likely N-dealkylation sites (tertiary alicyclic amines) is 1. The van der Waals surface area contributed by atoms with E-state index in [2.05, 4.69) is 11.9 Å². The number of thiocarbonyl (C=S) groups is 1. The molecule has 0 aromatic heterocycles. The van der Waals surface area contributed by atoms with Gasteiger partial charge in [-0.3, -0.25) is 9.69 Å². The van der Waals surface area contributed by atoms with Crippen LogP contribution in [0.1, 0.15) is 25.7 Å². The van der Waals surface area contributed by atoms with Crippen LogP contribution in [0.25, 0.3) is 0 Å². The summed E-state index contributed by atoms with van der Waals surface area (Å²) >= 11 is 5.41. The summed E-state index contributed by atoms with van der Waals surface area (Å²) in [5, 5.41) is 8.54. The van der Waals surface area contributed by atoms with E-state index >= 15 is 0 Å². The monoisotopic (exact) mass is 288 g/mol. The Morgan fingerprint density at radius 2 is 2.16 bits per heavy atom. The number of ether oxygens (including phenoxy) is 1. The van der Waals surface area contributed by atoms with Crippen molar-refractivity contribution in [3.63, 3.8) is 0 Å². The van der Waals surface area contributed by atoms with Crippen LogP contribution < -0.4 is 0 Å². The van der Waals surface area contributed by atoms with Gasteiger partial charge in [0, 0.05) is 33.7 Å². The van der Waals surface area contributed by atoms with Gasteiger partial charge < -0.3 is 14.7 Å². The van der Waals surface area contributed by atoms with Crippen LogP contribution in [0.2, 0.25) is 0 Å². The fourth-order valence-electron chi connectivity index (χ4n) is 2.29. The third-order valence-corrected chi connectivity index (χ3v) is 4.01. The van der Waals surface area contributed by atoms with Gasteiger partial charge in [-0.2, -0.15) is 0 Å². The van der Waals surface area contributed by atoms with E-state index in [-0.39, 0.29) is 18.6 Å². The summed E-state index contributed by atoms with van der Waals surface area (Å²) < 4.78 is 5.80. The van der Waals surface area contributed by atoms with Gasteiger partial charge in [0.2, 0.25) is 0 Å². The molecule has 0 amide bonds. The van der Waals surface area contributed by atoms with Gasteiger partial charge in [-0.05, 0) is 26.3 Å². The highest BCUT2D eigenvalue weighted by molar-refractivity contribution is 7.80. The fourth-order valence-corrected chi connectivity index (χ4v) is 2.56. The highest BCUT2D eigenvalue weighted by Crippen LogP contribution is 2.21. The molecular weight excluding hydrogens is 264 g/mol. The Kier molecular flexibility index (Phi) is 6.68. The number of unbranched alkanes of at least 4 members (excludes halogenated alkanes) is 1. The molecule has 1 aliphatic rings. The van der Waals surface area contributed by atoms with E-state index in [9.17, 15) is 4.79 Å². The highest BCUT2D eigenvalue weighted by Gasteiger charge is 2.33. The largest absolute Gasteiger partial charge is 0.481 e. The van der Waals surface area contributed by atoms with Crippen LogP contribution in [0.3, 0.4) is 0 Å². The lowest BCUT2D eigenvalue weighted by Gasteiger charge is -2.24. The van der Waals surface area contributed by atoms with Gasteiger partial charge in [0.25, 0.3) is 0 Å². The van der Waals surface area contributed by atoms with Crippen LogP contribution >= 0.6 is 12.2 Å². The molecule has 0 aliphatic carbocycles. The summed E-state index contributed by atoms with van der Waals surface area (Å²) in [6, 6.07) is 0.272. The predicted molar refractivity (Wildman–Crippen MR) is 78.5 cm³/mol. The minimum absolute atomic E-state index is 0.206. The molecule has 1 heterocycles. The first-order valence-corrected chi connectivity index (χ1v) is 7.07. The van der Waals surface area contributed by atoms with Crippen molar-refractivity contribution in [2.45, 2.75) is 37.8 Å². The average Bonchev–Trinajstić information content (AvgIpc) is 2.68. The zero-order valence-corrected chi connectivity index (χ0v) is 12.8. The summed E-state index contributed by atoms with van der Waals surface area (Å²) in [5.74, 6) is -0.739. The Bertz CT molecular complexity index is 323. The molecule has 0 saturated carbocycles. The molecule has 110 valence electrons. The molecule has 0 radical (unpaired) electrons. The maximum Gasteiger partial charge on any atom is 0.303 e. The van der Waals surface area contributed by atoms with Crippen molar-refractivity contribution in [3.8, 4) is 0 Å². The summed E-state index contributed by atoms with van der Waals surface area (Å²) in [7, 11) is 6.00. The van der Waals surface area contributed by atoms with Crippen LogP contribution in [0.15, 0.2) is 0 Å². The molecule has 1 fully saturated rings. The van der Waals surface area contributed by atoms with Crippen molar-refractivity contribution in [2.24, 2.45) is 0 Å². The maximum absolute atomic E-state index is 10.4. The van der Waals surface area contributed by atoms with Gasteiger partial charge in [0.1, 0.15) is 0 Å². The lowest BCUT2D eigenvalue weighted by Crippen LogP contribution is -2.39. The molecule has 6 heteroatoms. The molecule has 2 atom stereocenters. The molecule has 1 saturated heterocycles. The highest BCUT2D eigenvalue weighted by atomic mass is 32.1. The molecule has 0 spiro atoms. The normalized spacial score (nSPS) is 23.5. The average molecular weight is 288 g/mol. The van der Waals surface area contributed by atoms with Gasteiger partial charge in [0.05, 0.1) is 17.1 Å². The molecular formula is C13H24N2O3S. The molecule has 0 unspecified atom stereocenters. The van der Waals surface area contributed by atoms with E-state index in [4.69, 9.17) is 22.1 Å². The van der Waals surface area contributed by atoms with Crippen LogP contribution in [0, 0.1) is 0 Å². The lowest BCUT2D eigenvalue weighted by atomic mass is 10.2. The molecule has 1 rings (SSSR count). The summed E-state index contributed by atoms with van der Waals surface area (Å²) in [6.45, 7) is 1.52. The number of likely N-dealkylation sites (N-methyl/N-ethyl adjacent to an activating group) is 2. The van der Waals surface area contributed by atoms with Gasteiger partial charge in [0.15, 0.2) is 0 Å². The minimum atomic E-state index is -0.739. The van der Waals surface area contributed by atoms with Crippen LogP contribution in [-0.2, 0) is 9.53 Å². The summed E-state index contributed by atoms with van der Waals surface area (Å²) in [4.78, 5) is 15.5. The van der Waals surface area contributed by atoms with E-state index in [0.29, 0.717) is 13.0 Å². The standard InChI is InChI=1S/C13H24N2O3S/c1-14(2)13(19)11-8-10(9-15(11)3)18-7-5-4-6-12(16)17/h10-11H,4-9H2,1-3H3,(H,16,17)/t10-,11+/m1/s1. The minimum Gasteiger partial charge on any atom is -0.481 e. The van der Waals surface area contributed by atoms with Gasteiger partial charge in [-0.1, -0.05) is 12.2 Å². The van der Waals surface area contributed by atoms with Gasteiger partial charge >= 0.3 is 5.97 Å². The number of rotatable bonds is 7. The third kappa shape index (κ3) is 5.42. The molecule has 5 nitrogen and oxygen atoms in total. The van der Waals surface area contributed by atoms with Crippen molar-refractivity contribution in [3.05, 3.63) is 0 Å². The van der Waals surface area contributed by atoms with Crippen molar-refractivity contribution < 1.29 is 14.6 Å². The summed E-state index contributed by atoms with van der Waals surface area (Å²) in [6.07, 6.45) is 2.83. The lowest BCUT2D eigenvalue weighted by molar-refractivity contribution is -0.137. The second kappa shape index (κ2) is 7.77. The van der Waals surface area contributed by atoms with Crippen LogP contribution in [-0.4, -0.2) is 72.3 Å². The zero-order chi connectivity index (χ0) is 14.4. The van der Waals surface area contributed by atoms with Crippen molar-refractivity contribution in [1.29, 1.82) is 0 Å². The topological polar surface area (TPSA) is 53.0 Å². The van der Waals surface area contributed by atoms with Crippen molar-refractivity contribution >= 4 is 23.2 Å². The third-order valence-electron chi connectivity index (χ3n) is 3.37. The second-order valence-corrected chi connectivity index (χ2v) is 5.69. The number of hydrogen-bond donors (Lipinski definition) is 1. The van der Waals surface area contributed by atoms with E-state index in [0.717, 1.165) is 24.4 Å². The molecule has 1 N–H and O–H groups in total. The number of carbonyl (C=O) groups is 1. The first-order valence-electron chi connectivity index (χ1n) is 6.66. The Balaban J connectivity index is 2.23.